The quantitative estimate of drug-likeness (QED) is 0.881. The van der Waals surface area contributed by atoms with Crippen LogP contribution in [0.25, 0.3) is 0 Å². The van der Waals surface area contributed by atoms with Crippen molar-refractivity contribution in [1.29, 1.82) is 0 Å². The zero-order valence-corrected chi connectivity index (χ0v) is 11.4. The Morgan fingerprint density at radius 1 is 1.42 bits per heavy atom. The third-order valence-corrected chi connectivity index (χ3v) is 5.71. The Labute approximate surface area is 113 Å². The van der Waals surface area contributed by atoms with E-state index in [1.54, 1.807) is 25.1 Å². The maximum absolute atomic E-state index is 14.1. The lowest BCUT2D eigenvalue weighted by atomic mass is 9.60. The Morgan fingerprint density at radius 2 is 2.16 bits per heavy atom. The molecule has 2 saturated carbocycles. The minimum absolute atomic E-state index is 0.330. The summed E-state index contributed by atoms with van der Waals surface area (Å²) >= 11 is 0. The van der Waals surface area contributed by atoms with Crippen molar-refractivity contribution in [3.63, 3.8) is 0 Å². The van der Waals surface area contributed by atoms with E-state index in [1.165, 1.54) is 12.5 Å². The molecule has 2 fully saturated rings. The van der Waals surface area contributed by atoms with Gasteiger partial charge in [0.1, 0.15) is 5.82 Å². The van der Waals surface area contributed by atoms with Crippen molar-refractivity contribution in [1.82, 2.24) is 0 Å². The Morgan fingerprint density at radius 3 is 2.68 bits per heavy atom. The summed E-state index contributed by atoms with van der Waals surface area (Å²) < 4.78 is 14.1. The largest absolute Gasteiger partial charge is 0.385 e. The molecule has 0 aromatic heterocycles. The van der Waals surface area contributed by atoms with Crippen molar-refractivity contribution in [3.05, 3.63) is 35.6 Å². The number of rotatable bonds is 3. The standard InChI is InChI=1S/C16H22FNO/c1-15(19,13-4-2-3-5-14(13)17)16(10-18)9-11-6-7-12(16)8-11/h2-5,11-12,19H,6-10,18H2,1H3. The molecule has 4 atom stereocenters. The van der Waals surface area contributed by atoms with Crippen molar-refractivity contribution in [2.45, 2.75) is 38.2 Å². The Bertz CT molecular complexity index is 487. The van der Waals surface area contributed by atoms with E-state index in [0.717, 1.165) is 19.3 Å². The molecule has 2 aliphatic rings. The van der Waals surface area contributed by atoms with Gasteiger partial charge in [-0.15, -0.1) is 0 Å². The van der Waals surface area contributed by atoms with Gasteiger partial charge >= 0.3 is 0 Å². The van der Waals surface area contributed by atoms with E-state index in [2.05, 4.69) is 0 Å². The van der Waals surface area contributed by atoms with Crippen LogP contribution >= 0.6 is 0 Å². The Balaban J connectivity index is 2.06. The predicted octanol–water partition coefficient (Wildman–Crippen LogP) is 2.80. The highest BCUT2D eigenvalue weighted by Crippen LogP contribution is 2.62. The van der Waals surface area contributed by atoms with Crippen molar-refractivity contribution >= 4 is 0 Å². The summed E-state index contributed by atoms with van der Waals surface area (Å²) in [6.45, 7) is 2.18. The number of hydrogen-bond acceptors (Lipinski definition) is 2. The molecule has 0 saturated heterocycles. The normalized spacial score (nSPS) is 36.4. The fourth-order valence-electron chi connectivity index (χ4n) is 4.61. The molecule has 104 valence electrons. The van der Waals surface area contributed by atoms with Crippen molar-refractivity contribution < 1.29 is 9.50 Å². The first-order valence-corrected chi connectivity index (χ1v) is 7.19. The summed E-state index contributed by atoms with van der Waals surface area (Å²) in [6, 6.07) is 6.55. The summed E-state index contributed by atoms with van der Waals surface area (Å²) in [7, 11) is 0. The van der Waals surface area contributed by atoms with E-state index in [9.17, 15) is 9.50 Å². The third-order valence-electron chi connectivity index (χ3n) is 5.71. The van der Waals surface area contributed by atoms with E-state index >= 15 is 0 Å². The second-order valence-corrected chi connectivity index (χ2v) is 6.49. The number of nitrogens with two attached hydrogens (primary N) is 1. The van der Waals surface area contributed by atoms with Gasteiger partial charge in [-0.25, -0.2) is 4.39 Å². The average molecular weight is 263 g/mol. The van der Waals surface area contributed by atoms with Gasteiger partial charge in [0.05, 0.1) is 5.60 Å². The summed E-state index contributed by atoms with van der Waals surface area (Å²) in [5.41, 5.74) is 4.89. The van der Waals surface area contributed by atoms with Gasteiger partial charge in [0.25, 0.3) is 0 Å². The molecule has 0 radical (unpaired) electrons. The molecule has 4 unspecified atom stereocenters. The monoisotopic (exact) mass is 263 g/mol. The van der Waals surface area contributed by atoms with Crippen molar-refractivity contribution in [2.75, 3.05) is 6.54 Å². The van der Waals surface area contributed by atoms with Crippen LogP contribution in [0.3, 0.4) is 0 Å². The molecule has 1 aromatic carbocycles. The lowest BCUT2D eigenvalue weighted by Gasteiger charge is -2.48. The smallest absolute Gasteiger partial charge is 0.129 e. The number of aliphatic hydroxyl groups is 1. The molecule has 2 bridgehead atoms. The first-order chi connectivity index (χ1) is 9.01. The van der Waals surface area contributed by atoms with Gasteiger partial charge < -0.3 is 10.8 Å². The molecule has 0 aliphatic heterocycles. The van der Waals surface area contributed by atoms with Crippen LogP contribution in [0.1, 0.15) is 38.2 Å². The molecule has 0 spiro atoms. The molecule has 3 heteroatoms. The SMILES string of the molecule is CC(O)(c1ccccc1F)C1(CN)CC2CCC1C2. The van der Waals surface area contributed by atoms with Crippen LogP contribution in [-0.4, -0.2) is 11.7 Å². The summed E-state index contributed by atoms with van der Waals surface area (Å²) in [5.74, 6) is 0.756. The van der Waals surface area contributed by atoms with Crippen LogP contribution < -0.4 is 5.73 Å². The van der Waals surface area contributed by atoms with Crippen LogP contribution in [0.2, 0.25) is 0 Å². The van der Waals surface area contributed by atoms with E-state index in [1.807, 2.05) is 0 Å². The van der Waals surface area contributed by atoms with E-state index < -0.39 is 5.60 Å². The zero-order chi connectivity index (χ0) is 13.7. The molecule has 3 rings (SSSR count). The number of hydrogen-bond donors (Lipinski definition) is 2. The molecular weight excluding hydrogens is 241 g/mol. The van der Waals surface area contributed by atoms with Gasteiger partial charge in [0, 0.05) is 17.5 Å². The van der Waals surface area contributed by atoms with Crippen LogP contribution in [-0.2, 0) is 5.60 Å². The van der Waals surface area contributed by atoms with E-state index in [-0.39, 0.29) is 11.2 Å². The highest BCUT2D eigenvalue weighted by Gasteiger charge is 2.59. The second-order valence-electron chi connectivity index (χ2n) is 6.49. The highest BCUT2D eigenvalue weighted by atomic mass is 19.1. The van der Waals surface area contributed by atoms with Crippen LogP contribution in [0.15, 0.2) is 24.3 Å². The lowest BCUT2D eigenvalue weighted by Crippen LogP contribution is -2.52. The maximum Gasteiger partial charge on any atom is 0.129 e. The van der Waals surface area contributed by atoms with Gasteiger partial charge in [-0.05, 0) is 44.1 Å². The van der Waals surface area contributed by atoms with Gasteiger partial charge in [-0.3, -0.25) is 0 Å². The van der Waals surface area contributed by atoms with E-state index in [4.69, 9.17) is 5.73 Å². The zero-order valence-electron chi connectivity index (χ0n) is 11.4. The van der Waals surface area contributed by atoms with Gasteiger partial charge in [0.15, 0.2) is 0 Å². The summed E-state index contributed by atoms with van der Waals surface area (Å²) in [4.78, 5) is 0. The maximum atomic E-state index is 14.1. The molecule has 2 nitrogen and oxygen atoms in total. The topological polar surface area (TPSA) is 46.2 Å². The molecule has 0 amide bonds. The Hall–Kier alpha value is -0.930. The molecule has 1 aromatic rings. The number of benzene rings is 1. The first kappa shape index (κ1) is 13.1. The first-order valence-electron chi connectivity index (χ1n) is 7.19. The van der Waals surface area contributed by atoms with Crippen LogP contribution in [0.4, 0.5) is 4.39 Å². The highest BCUT2D eigenvalue weighted by molar-refractivity contribution is 5.28. The fourth-order valence-corrected chi connectivity index (χ4v) is 4.61. The van der Waals surface area contributed by atoms with Crippen LogP contribution in [0, 0.1) is 23.1 Å². The van der Waals surface area contributed by atoms with Gasteiger partial charge in [0.2, 0.25) is 0 Å². The van der Waals surface area contributed by atoms with E-state index in [0.29, 0.717) is 23.9 Å². The number of halogens is 1. The summed E-state index contributed by atoms with van der Waals surface area (Å²) in [5, 5.41) is 11.1. The minimum atomic E-state index is -1.19. The molecule has 3 N–H and O–H groups in total. The van der Waals surface area contributed by atoms with Crippen molar-refractivity contribution in [3.8, 4) is 0 Å². The lowest BCUT2D eigenvalue weighted by molar-refractivity contribution is -0.105. The third kappa shape index (κ3) is 1.68. The Kier molecular flexibility index (Phi) is 2.95. The minimum Gasteiger partial charge on any atom is -0.385 e. The van der Waals surface area contributed by atoms with Gasteiger partial charge in [-0.2, -0.15) is 0 Å². The van der Waals surface area contributed by atoms with Crippen LogP contribution in [0.5, 0.6) is 0 Å². The average Bonchev–Trinajstić information content (AvgIpc) is 2.99. The molecule has 2 aliphatic carbocycles. The van der Waals surface area contributed by atoms with Crippen molar-refractivity contribution in [2.24, 2.45) is 23.0 Å². The fraction of sp³-hybridized carbons (Fsp3) is 0.625. The predicted molar refractivity (Wildman–Crippen MR) is 72.9 cm³/mol. The van der Waals surface area contributed by atoms with Gasteiger partial charge in [-0.1, -0.05) is 24.6 Å². The molecular formula is C16H22FNO. The second kappa shape index (κ2) is 4.29. The molecule has 19 heavy (non-hydrogen) atoms. The summed E-state index contributed by atoms with van der Waals surface area (Å²) in [6.07, 6.45) is 4.42. The molecule has 0 heterocycles. The number of fused-ring (bicyclic) bond motifs is 2.